The molecule has 1 fully saturated rings. The Morgan fingerprint density at radius 1 is 1.43 bits per heavy atom. The van der Waals surface area contributed by atoms with Crippen LogP contribution in [0.1, 0.15) is 6.92 Å². The van der Waals surface area contributed by atoms with Gasteiger partial charge in [-0.2, -0.15) is 0 Å². The Bertz CT molecular complexity index is 398. The van der Waals surface area contributed by atoms with Crippen molar-refractivity contribution in [2.45, 2.75) is 18.3 Å². The number of sulfone groups is 1. The van der Waals surface area contributed by atoms with Crippen LogP contribution in [0, 0.1) is 0 Å². The minimum absolute atomic E-state index is 0.266. The van der Waals surface area contributed by atoms with E-state index in [9.17, 15) is 16.8 Å². The topological polar surface area (TPSA) is 77.5 Å². The predicted octanol–water partition coefficient (Wildman–Crippen LogP) is -0.243. The summed E-state index contributed by atoms with van der Waals surface area (Å²) in [5.41, 5.74) is 0. The van der Waals surface area contributed by atoms with Gasteiger partial charge in [-0.3, -0.25) is 0 Å². The monoisotopic (exact) mass is 262 g/mol. The normalized spacial score (nSPS) is 31.9. The molecule has 0 aliphatic carbocycles. The van der Waals surface area contributed by atoms with Crippen molar-refractivity contribution in [3.8, 4) is 0 Å². The summed E-state index contributed by atoms with van der Waals surface area (Å²) >= 11 is 0. The zero-order valence-electron chi connectivity index (χ0n) is 7.51. The summed E-state index contributed by atoms with van der Waals surface area (Å²) in [6.07, 6.45) is -0.826. The number of hydrogen-bond donors (Lipinski definition) is 0. The lowest BCUT2D eigenvalue weighted by atomic mass is 10.3. The van der Waals surface area contributed by atoms with Gasteiger partial charge in [0.2, 0.25) is 9.05 Å². The van der Waals surface area contributed by atoms with E-state index in [0.717, 1.165) is 0 Å². The molecule has 2 atom stereocenters. The van der Waals surface area contributed by atoms with Crippen LogP contribution < -0.4 is 0 Å². The van der Waals surface area contributed by atoms with Crippen molar-refractivity contribution in [1.82, 2.24) is 0 Å². The highest BCUT2D eigenvalue weighted by Gasteiger charge is 2.45. The van der Waals surface area contributed by atoms with Gasteiger partial charge < -0.3 is 4.74 Å². The molecule has 1 aliphatic heterocycles. The second-order valence-corrected chi connectivity index (χ2v) is 8.09. The molecule has 0 spiro atoms. The van der Waals surface area contributed by atoms with Crippen molar-refractivity contribution in [3.05, 3.63) is 0 Å². The second kappa shape index (κ2) is 3.96. The molecular formula is C6H11ClO5S2. The molecule has 5 nitrogen and oxygen atoms in total. The third-order valence-electron chi connectivity index (χ3n) is 1.99. The van der Waals surface area contributed by atoms with Crippen LogP contribution in [0.2, 0.25) is 0 Å². The maximum Gasteiger partial charge on any atom is 0.239 e. The van der Waals surface area contributed by atoms with E-state index in [-0.39, 0.29) is 12.4 Å². The molecule has 2 unspecified atom stereocenters. The van der Waals surface area contributed by atoms with Crippen molar-refractivity contribution in [3.63, 3.8) is 0 Å². The van der Waals surface area contributed by atoms with Crippen molar-refractivity contribution in [1.29, 1.82) is 0 Å². The van der Waals surface area contributed by atoms with Gasteiger partial charge in [-0.25, -0.2) is 16.8 Å². The van der Waals surface area contributed by atoms with E-state index < -0.39 is 36.0 Å². The molecule has 1 aliphatic rings. The van der Waals surface area contributed by atoms with Crippen LogP contribution in [0.5, 0.6) is 0 Å². The third kappa shape index (κ3) is 2.82. The number of halogens is 1. The predicted molar refractivity (Wildman–Crippen MR) is 52.6 cm³/mol. The van der Waals surface area contributed by atoms with Gasteiger partial charge in [0, 0.05) is 17.3 Å². The fraction of sp³-hybridized carbons (Fsp3) is 1.00. The van der Waals surface area contributed by atoms with Gasteiger partial charge in [0.15, 0.2) is 9.84 Å². The standard InChI is InChI=1S/C6H11ClO5S2/c1-2-12-5-3-13(8,9)4-6(5)14(7,10)11/h5-6H,2-4H2,1H3. The highest BCUT2D eigenvalue weighted by molar-refractivity contribution is 8.15. The van der Waals surface area contributed by atoms with Crippen molar-refractivity contribution in [2.75, 3.05) is 18.1 Å². The van der Waals surface area contributed by atoms with Crippen LogP contribution in [0.15, 0.2) is 0 Å². The van der Waals surface area contributed by atoms with E-state index in [2.05, 4.69) is 0 Å². The van der Waals surface area contributed by atoms with Gasteiger partial charge in [0.05, 0.1) is 17.6 Å². The lowest BCUT2D eigenvalue weighted by Crippen LogP contribution is -2.32. The summed E-state index contributed by atoms with van der Waals surface area (Å²) in [6.45, 7) is 1.94. The summed E-state index contributed by atoms with van der Waals surface area (Å²) < 4.78 is 49.4. The number of hydrogen-bond acceptors (Lipinski definition) is 5. The first-order valence-corrected chi connectivity index (χ1v) is 8.21. The Balaban J connectivity index is 2.95. The molecule has 1 rings (SSSR count). The minimum Gasteiger partial charge on any atom is -0.376 e. The molecule has 1 saturated heterocycles. The zero-order chi connectivity index (χ0) is 11.0. The molecule has 0 N–H and O–H groups in total. The van der Waals surface area contributed by atoms with E-state index in [1.54, 1.807) is 6.92 Å². The summed E-state index contributed by atoms with van der Waals surface area (Å²) in [6, 6.07) is 0. The molecule has 0 bridgehead atoms. The van der Waals surface area contributed by atoms with Crippen LogP contribution in [0.3, 0.4) is 0 Å². The molecule has 0 saturated carbocycles. The van der Waals surface area contributed by atoms with Gasteiger partial charge in [-0.05, 0) is 6.92 Å². The first kappa shape index (κ1) is 12.2. The highest BCUT2D eigenvalue weighted by atomic mass is 35.7. The maximum absolute atomic E-state index is 11.2. The van der Waals surface area contributed by atoms with Gasteiger partial charge in [-0.15, -0.1) is 0 Å². The summed E-state index contributed by atoms with van der Waals surface area (Å²) in [5.74, 6) is -0.707. The minimum atomic E-state index is -3.88. The SMILES string of the molecule is CCOC1CS(=O)(=O)CC1S(=O)(=O)Cl. The fourth-order valence-corrected chi connectivity index (χ4v) is 5.83. The molecule has 0 aromatic carbocycles. The molecular weight excluding hydrogens is 252 g/mol. The lowest BCUT2D eigenvalue weighted by Gasteiger charge is -2.14. The third-order valence-corrected chi connectivity index (χ3v) is 5.79. The van der Waals surface area contributed by atoms with Crippen LogP contribution in [0.25, 0.3) is 0 Å². The fourth-order valence-electron chi connectivity index (χ4n) is 1.42. The van der Waals surface area contributed by atoms with Crippen molar-refractivity contribution >= 4 is 29.6 Å². The summed E-state index contributed by atoms with van der Waals surface area (Å²) in [7, 11) is -2.09. The van der Waals surface area contributed by atoms with E-state index in [0.29, 0.717) is 0 Å². The number of ether oxygens (including phenoxy) is 1. The van der Waals surface area contributed by atoms with Gasteiger partial charge in [-0.1, -0.05) is 0 Å². The van der Waals surface area contributed by atoms with Crippen LogP contribution >= 0.6 is 10.7 Å². The average Bonchev–Trinajstić information content (AvgIpc) is 2.25. The smallest absolute Gasteiger partial charge is 0.239 e. The Hall–Kier alpha value is 0.150. The van der Waals surface area contributed by atoms with Crippen molar-refractivity contribution < 1.29 is 21.6 Å². The average molecular weight is 263 g/mol. The van der Waals surface area contributed by atoms with Crippen molar-refractivity contribution in [2.24, 2.45) is 0 Å². The van der Waals surface area contributed by atoms with Crippen LogP contribution in [0.4, 0.5) is 0 Å². The number of rotatable bonds is 3. The van der Waals surface area contributed by atoms with E-state index >= 15 is 0 Å². The molecule has 14 heavy (non-hydrogen) atoms. The van der Waals surface area contributed by atoms with E-state index in [1.807, 2.05) is 0 Å². The molecule has 0 aromatic heterocycles. The molecule has 0 amide bonds. The quantitative estimate of drug-likeness (QED) is 0.656. The summed E-state index contributed by atoms with van der Waals surface area (Å²) in [5, 5.41) is -1.13. The Kier molecular flexibility index (Phi) is 3.45. The lowest BCUT2D eigenvalue weighted by molar-refractivity contribution is 0.0839. The first-order valence-electron chi connectivity index (χ1n) is 4.02. The zero-order valence-corrected chi connectivity index (χ0v) is 9.90. The largest absolute Gasteiger partial charge is 0.376 e. The first-order chi connectivity index (χ1) is 6.26. The van der Waals surface area contributed by atoms with Crippen LogP contribution in [-0.2, 0) is 23.6 Å². The van der Waals surface area contributed by atoms with Crippen LogP contribution in [-0.4, -0.2) is 46.3 Å². The van der Waals surface area contributed by atoms with E-state index in [4.69, 9.17) is 15.4 Å². The molecule has 0 radical (unpaired) electrons. The highest BCUT2D eigenvalue weighted by Crippen LogP contribution is 2.24. The Labute approximate surface area is 87.7 Å². The molecule has 0 aromatic rings. The second-order valence-electron chi connectivity index (χ2n) is 3.08. The summed E-state index contributed by atoms with van der Waals surface area (Å²) in [4.78, 5) is 0. The van der Waals surface area contributed by atoms with Gasteiger partial charge >= 0.3 is 0 Å². The molecule has 1 heterocycles. The van der Waals surface area contributed by atoms with E-state index in [1.165, 1.54) is 0 Å². The Morgan fingerprint density at radius 3 is 2.43 bits per heavy atom. The maximum atomic E-state index is 11.2. The van der Waals surface area contributed by atoms with Gasteiger partial charge in [0.1, 0.15) is 5.25 Å². The Morgan fingerprint density at radius 2 is 2.00 bits per heavy atom. The van der Waals surface area contributed by atoms with Gasteiger partial charge in [0.25, 0.3) is 0 Å². The molecule has 8 heteroatoms. The molecule has 84 valence electrons.